The number of hydrogen-bond donors (Lipinski definition) is 0. The van der Waals surface area contributed by atoms with Gasteiger partial charge in [0, 0.05) is 18.3 Å². The quantitative estimate of drug-likeness (QED) is 0.807. The highest BCUT2D eigenvalue weighted by atomic mass is 35.5. The molecule has 4 nitrogen and oxygen atoms in total. The van der Waals surface area contributed by atoms with E-state index in [1.165, 1.54) is 0 Å². The smallest absolute Gasteiger partial charge is 0.155 e. The number of nitrogens with zero attached hydrogens (tertiary/aromatic N) is 2. The summed E-state index contributed by atoms with van der Waals surface area (Å²) in [6, 6.07) is 3.67. The number of halogens is 1. The van der Waals surface area contributed by atoms with Crippen LogP contribution in [0.25, 0.3) is 5.65 Å². The van der Waals surface area contributed by atoms with Crippen LogP contribution in [-0.4, -0.2) is 29.3 Å². The maximum atomic E-state index is 11.4. The minimum atomic E-state index is -2.82. The lowest BCUT2D eigenvalue weighted by Gasteiger charge is -2.19. The molecule has 0 amide bonds. The number of pyridine rings is 1. The van der Waals surface area contributed by atoms with E-state index in [-0.39, 0.29) is 17.4 Å². The van der Waals surface area contributed by atoms with Gasteiger partial charge in [-0.15, -0.1) is 0 Å². The van der Waals surface area contributed by atoms with Crippen LogP contribution in [0.3, 0.4) is 0 Å². The Labute approximate surface area is 111 Å². The van der Waals surface area contributed by atoms with Gasteiger partial charge in [0.05, 0.1) is 22.2 Å². The predicted octanol–water partition coefficient (Wildman–Crippen LogP) is 2.28. The number of rotatable bonds is 1. The van der Waals surface area contributed by atoms with E-state index >= 15 is 0 Å². The third-order valence-electron chi connectivity index (χ3n) is 3.43. The summed E-state index contributed by atoms with van der Waals surface area (Å²) in [4.78, 5) is 4.52. The number of sulfone groups is 1. The van der Waals surface area contributed by atoms with Gasteiger partial charge in [0.2, 0.25) is 0 Å². The summed E-state index contributed by atoms with van der Waals surface area (Å²) in [5, 5.41) is 0.618. The summed E-state index contributed by atoms with van der Waals surface area (Å²) in [5.41, 5.74) is 1.68. The van der Waals surface area contributed by atoms with Gasteiger partial charge >= 0.3 is 0 Å². The highest BCUT2D eigenvalue weighted by molar-refractivity contribution is 7.91. The Morgan fingerprint density at radius 2 is 2.06 bits per heavy atom. The standard InChI is InChI=1S/C12H13ClN2O2S/c13-10-2-1-5-15-8-11(14-12(10)15)9-3-6-18(16,17)7-4-9/h1-2,5,8-9H,3-4,6-7H2. The van der Waals surface area contributed by atoms with Crippen molar-refractivity contribution in [2.45, 2.75) is 18.8 Å². The van der Waals surface area contributed by atoms with Gasteiger partial charge < -0.3 is 4.40 Å². The van der Waals surface area contributed by atoms with Crippen molar-refractivity contribution in [3.05, 3.63) is 35.2 Å². The third kappa shape index (κ3) is 2.12. The fourth-order valence-corrected chi connectivity index (χ4v) is 4.08. The first-order chi connectivity index (χ1) is 8.55. The minimum absolute atomic E-state index is 0.226. The summed E-state index contributed by atoms with van der Waals surface area (Å²) in [6.45, 7) is 0. The Morgan fingerprint density at radius 1 is 1.33 bits per heavy atom. The highest BCUT2D eigenvalue weighted by Gasteiger charge is 2.26. The SMILES string of the molecule is O=S1(=O)CCC(c2cn3cccc(Cl)c3n2)CC1. The molecule has 0 bridgehead atoms. The van der Waals surface area contributed by atoms with Crippen LogP contribution in [0.4, 0.5) is 0 Å². The van der Waals surface area contributed by atoms with Crippen molar-refractivity contribution in [2.24, 2.45) is 0 Å². The molecule has 1 aliphatic heterocycles. The maximum absolute atomic E-state index is 11.4. The van der Waals surface area contributed by atoms with E-state index in [2.05, 4.69) is 4.98 Å². The zero-order valence-electron chi connectivity index (χ0n) is 9.71. The first-order valence-corrected chi connectivity index (χ1v) is 8.09. The molecule has 2 aromatic heterocycles. The molecule has 0 N–H and O–H groups in total. The minimum Gasteiger partial charge on any atom is -0.306 e. The molecule has 0 aromatic carbocycles. The molecule has 0 unspecified atom stereocenters. The largest absolute Gasteiger partial charge is 0.306 e. The van der Waals surface area contributed by atoms with Crippen LogP contribution in [0.1, 0.15) is 24.5 Å². The highest BCUT2D eigenvalue weighted by Crippen LogP contribution is 2.29. The molecule has 1 fully saturated rings. The first kappa shape index (κ1) is 12.0. The summed E-state index contributed by atoms with van der Waals surface area (Å²) < 4.78 is 24.7. The van der Waals surface area contributed by atoms with E-state index in [1.807, 2.05) is 22.9 Å². The van der Waals surface area contributed by atoms with E-state index in [9.17, 15) is 8.42 Å². The molecular weight excluding hydrogens is 272 g/mol. The zero-order valence-corrected chi connectivity index (χ0v) is 11.3. The third-order valence-corrected chi connectivity index (χ3v) is 5.44. The summed E-state index contributed by atoms with van der Waals surface area (Å²) in [7, 11) is -2.82. The monoisotopic (exact) mass is 284 g/mol. The van der Waals surface area contributed by atoms with Crippen LogP contribution >= 0.6 is 11.6 Å². The molecule has 1 saturated heterocycles. The van der Waals surface area contributed by atoms with Crippen LogP contribution in [0, 0.1) is 0 Å². The van der Waals surface area contributed by atoms with Gasteiger partial charge in [-0.2, -0.15) is 0 Å². The van der Waals surface area contributed by atoms with E-state index in [0.717, 1.165) is 11.3 Å². The molecule has 0 spiro atoms. The molecule has 96 valence electrons. The van der Waals surface area contributed by atoms with Crippen molar-refractivity contribution < 1.29 is 8.42 Å². The Balaban J connectivity index is 1.94. The average molecular weight is 285 g/mol. The van der Waals surface area contributed by atoms with Crippen LogP contribution in [-0.2, 0) is 9.84 Å². The summed E-state index contributed by atoms with van der Waals surface area (Å²) in [6.07, 6.45) is 5.16. The molecule has 3 heterocycles. The molecule has 0 radical (unpaired) electrons. The number of hydrogen-bond acceptors (Lipinski definition) is 3. The van der Waals surface area contributed by atoms with Crippen molar-refractivity contribution in [1.29, 1.82) is 0 Å². The number of imidazole rings is 1. The molecule has 1 aliphatic rings. The molecular formula is C12H13ClN2O2S. The van der Waals surface area contributed by atoms with Crippen molar-refractivity contribution in [2.75, 3.05) is 11.5 Å². The van der Waals surface area contributed by atoms with Gasteiger partial charge in [0.25, 0.3) is 0 Å². The average Bonchev–Trinajstić information content (AvgIpc) is 2.74. The van der Waals surface area contributed by atoms with E-state index in [0.29, 0.717) is 17.9 Å². The molecule has 2 aromatic rings. The Kier molecular flexibility index (Phi) is 2.83. The van der Waals surface area contributed by atoms with Crippen LogP contribution < -0.4 is 0 Å². The van der Waals surface area contributed by atoms with Gasteiger partial charge in [0.1, 0.15) is 9.84 Å². The topological polar surface area (TPSA) is 51.4 Å². The van der Waals surface area contributed by atoms with Crippen molar-refractivity contribution >= 4 is 27.1 Å². The molecule has 0 atom stereocenters. The Morgan fingerprint density at radius 3 is 2.72 bits per heavy atom. The van der Waals surface area contributed by atoms with E-state index in [1.54, 1.807) is 6.07 Å². The van der Waals surface area contributed by atoms with Crippen molar-refractivity contribution in [3.8, 4) is 0 Å². The maximum Gasteiger partial charge on any atom is 0.155 e. The second-order valence-corrected chi connectivity index (χ2v) is 7.39. The van der Waals surface area contributed by atoms with Gasteiger partial charge in [0.15, 0.2) is 5.65 Å². The summed E-state index contributed by atoms with van der Waals surface area (Å²) >= 11 is 6.08. The predicted molar refractivity (Wildman–Crippen MR) is 70.8 cm³/mol. The van der Waals surface area contributed by atoms with Gasteiger partial charge in [-0.3, -0.25) is 0 Å². The fourth-order valence-electron chi connectivity index (χ4n) is 2.38. The Hall–Kier alpha value is -1.07. The second-order valence-electron chi connectivity index (χ2n) is 4.68. The van der Waals surface area contributed by atoms with Gasteiger partial charge in [-0.05, 0) is 25.0 Å². The lowest BCUT2D eigenvalue weighted by atomic mass is 10.00. The first-order valence-electron chi connectivity index (χ1n) is 5.89. The van der Waals surface area contributed by atoms with Crippen molar-refractivity contribution in [1.82, 2.24) is 9.38 Å². The normalized spacial score (nSPS) is 20.3. The van der Waals surface area contributed by atoms with Gasteiger partial charge in [-0.25, -0.2) is 13.4 Å². The molecule has 0 saturated carbocycles. The number of aromatic nitrogens is 2. The second kappa shape index (κ2) is 4.24. The van der Waals surface area contributed by atoms with Gasteiger partial charge in [-0.1, -0.05) is 11.6 Å². The van der Waals surface area contributed by atoms with Crippen LogP contribution in [0.2, 0.25) is 5.02 Å². The Bertz CT molecular complexity index is 679. The van der Waals surface area contributed by atoms with Crippen LogP contribution in [0.15, 0.2) is 24.5 Å². The lowest BCUT2D eigenvalue weighted by molar-refractivity contribution is 0.546. The molecule has 18 heavy (non-hydrogen) atoms. The number of fused-ring (bicyclic) bond motifs is 1. The molecule has 0 aliphatic carbocycles. The van der Waals surface area contributed by atoms with E-state index < -0.39 is 9.84 Å². The fraction of sp³-hybridized carbons (Fsp3) is 0.417. The van der Waals surface area contributed by atoms with Crippen LogP contribution in [0.5, 0.6) is 0 Å². The van der Waals surface area contributed by atoms with Crippen molar-refractivity contribution in [3.63, 3.8) is 0 Å². The molecule has 3 rings (SSSR count). The molecule has 6 heteroatoms. The van der Waals surface area contributed by atoms with E-state index in [4.69, 9.17) is 11.6 Å². The lowest BCUT2D eigenvalue weighted by Crippen LogP contribution is -2.22. The summed E-state index contributed by atoms with van der Waals surface area (Å²) in [5.74, 6) is 0.753. The zero-order chi connectivity index (χ0) is 12.8.